The zero-order valence-electron chi connectivity index (χ0n) is 15.4. The lowest BCUT2D eigenvalue weighted by Gasteiger charge is -2.12. The number of amides is 1. The van der Waals surface area contributed by atoms with Crippen LogP contribution in [0.25, 0.3) is 0 Å². The van der Waals surface area contributed by atoms with E-state index in [-0.39, 0.29) is 34.3 Å². The van der Waals surface area contributed by atoms with Gasteiger partial charge in [0.15, 0.2) is 21.3 Å². The molecule has 0 unspecified atom stereocenters. The number of hydrogen-bond donors (Lipinski definition) is 1. The van der Waals surface area contributed by atoms with Gasteiger partial charge in [-0.3, -0.25) is 4.79 Å². The summed E-state index contributed by atoms with van der Waals surface area (Å²) in [7, 11) is -2.20. The maximum Gasteiger partial charge on any atom is 0.387 e. The normalized spacial score (nSPS) is 11.3. The molecule has 0 aliphatic carbocycles. The van der Waals surface area contributed by atoms with Gasteiger partial charge in [-0.1, -0.05) is 25.1 Å². The first-order valence-electron chi connectivity index (χ1n) is 8.50. The van der Waals surface area contributed by atoms with E-state index in [0.717, 1.165) is 0 Å². The van der Waals surface area contributed by atoms with E-state index in [9.17, 15) is 22.0 Å². The van der Waals surface area contributed by atoms with Gasteiger partial charge in [0.05, 0.1) is 23.3 Å². The summed E-state index contributed by atoms with van der Waals surface area (Å²) in [4.78, 5) is 12.4. The number of carbonyl (C=O) groups is 1. The number of benzene rings is 2. The van der Waals surface area contributed by atoms with Crippen LogP contribution in [0.1, 0.15) is 22.8 Å². The Morgan fingerprint density at radius 1 is 1.14 bits per heavy atom. The van der Waals surface area contributed by atoms with Gasteiger partial charge in [-0.05, 0) is 36.2 Å². The van der Waals surface area contributed by atoms with Crippen molar-refractivity contribution < 1.29 is 31.5 Å². The van der Waals surface area contributed by atoms with Crippen molar-refractivity contribution in [2.24, 2.45) is 0 Å². The zero-order valence-corrected chi connectivity index (χ0v) is 16.3. The lowest BCUT2D eigenvalue weighted by molar-refractivity contribution is -0.0512. The number of alkyl halides is 2. The molecule has 1 amide bonds. The average Bonchev–Trinajstić information content (AvgIpc) is 2.67. The SMILES string of the molecule is CCS(=O)(=O)c1ccccc1C(=O)NCCc1ccc(OC)c(OC(F)F)c1. The minimum absolute atomic E-state index is 0.0212. The number of rotatable bonds is 9. The molecular formula is C19H21F2NO5S. The van der Waals surface area contributed by atoms with E-state index in [4.69, 9.17) is 4.74 Å². The molecule has 6 nitrogen and oxygen atoms in total. The van der Waals surface area contributed by atoms with Crippen LogP contribution >= 0.6 is 0 Å². The first-order valence-corrected chi connectivity index (χ1v) is 10.2. The van der Waals surface area contributed by atoms with E-state index in [0.29, 0.717) is 12.0 Å². The Labute approximate surface area is 162 Å². The van der Waals surface area contributed by atoms with Crippen LogP contribution in [0.5, 0.6) is 11.5 Å². The predicted octanol–water partition coefficient (Wildman–Crippen LogP) is 3.06. The molecule has 0 aliphatic heterocycles. The number of halogens is 2. The van der Waals surface area contributed by atoms with Gasteiger partial charge >= 0.3 is 6.61 Å². The third kappa shape index (κ3) is 5.41. The number of hydrogen-bond acceptors (Lipinski definition) is 5. The van der Waals surface area contributed by atoms with Crippen LogP contribution in [0.4, 0.5) is 8.78 Å². The van der Waals surface area contributed by atoms with E-state index < -0.39 is 22.4 Å². The molecule has 0 atom stereocenters. The van der Waals surface area contributed by atoms with Gasteiger partial charge < -0.3 is 14.8 Å². The summed E-state index contributed by atoms with van der Waals surface area (Å²) in [6.07, 6.45) is 0.331. The third-order valence-electron chi connectivity index (χ3n) is 3.99. The monoisotopic (exact) mass is 413 g/mol. The summed E-state index contributed by atoms with van der Waals surface area (Å²) in [5, 5.41) is 2.65. The Hall–Kier alpha value is -2.68. The standard InChI is InChI=1S/C19H21F2NO5S/c1-3-28(24,25)17-7-5-4-6-14(17)18(23)22-11-10-13-8-9-15(26-2)16(12-13)27-19(20)21/h4-9,12,19H,3,10-11H2,1-2H3,(H,22,23). The molecule has 2 aromatic rings. The summed E-state index contributed by atoms with van der Waals surface area (Å²) >= 11 is 0. The molecule has 0 bridgehead atoms. The van der Waals surface area contributed by atoms with Gasteiger partial charge in [-0.25, -0.2) is 8.42 Å². The number of ether oxygens (including phenoxy) is 2. The molecule has 1 N–H and O–H groups in total. The molecule has 0 fully saturated rings. The van der Waals surface area contributed by atoms with Crippen molar-refractivity contribution in [3.8, 4) is 11.5 Å². The van der Waals surface area contributed by atoms with Crippen molar-refractivity contribution in [3.63, 3.8) is 0 Å². The highest BCUT2D eigenvalue weighted by Crippen LogP contribution is 2.29. The molecule has 0 heterocycles. The molecule has 152 valence electrons. The molecule has 0 saturated heterocycles. The van der Waals surface area contributed by atoms with Gasteiger partial charge in [0.25, 0.3) is 5.91 Å². The van der Waals surface area contributed by atoms with Crippen molar-refractivity contribution in [3.05, 3.63) is 53.6 Å². The fraction of sp³-hybridized carbons (Fsp3) is 0.316. The highest BCUT2D eigenvalue weighted by Gasteiger charge is 2.20. The Bertz CT molecular complexity index is 932. The Morgan fingerprint density at radius 3 is 2.50 bits per heavy atom. The average molecular weight is 413 g/mol. The predicted molar refractivity (Wildman–Crippen MR) is 99.8 cm³/mol. The van der Waals surface area contributed by atoms with Crippen molar-refractivity contribution >= 4 is 15.7 Å². The van der Waals surface area contributed by atoms with Crippen LogP contribution in [-0.4, -0.2) is 40.3 Å². The van der Waals surface area contributed by atoms with Crippen LogP contribution < -0.4 is 14.8 Å². The van der Waals surface area contributed by atoms with Gasteiger partial charge in [0.2, 0.25) is 0 Å². The summed E-state index contributed by atoms with van der Waals surface area (Å²) < 4.78 is 58.7. The zero-order chi connectivity index (χ0) is 20.7. The lowest BCUT2D eigenvalue weighted by atomic mass is 10.1. The fourth-order valence-electron chi connectivity index (χ4n) is 2.56. The second-order valence-corrected chi connectivity index (χ2v) is 8.02. The first kappa shape index (κ1) is 21.6. The number of sulfone groups is 1. The first-order chi connectivity index (χ1) is 13.3. The molecule has 0 aromatic heterocycles. The number of nitrogens with one attached hydrogen (secondary N) is 1. The van der Waals surface area contributed by atoms with Crippen LogP contribution in [0.2, 0.25) is 0 Å². The maximum atomic E-state index is 12.5. The van der Waals surface area contributed by atoms with Crippen molar-refractivity contribution in [1.82, 2.24) is 5.32 Å². The Balaban J connectivity index is 2.07. The van der Waals surface area contributed by atoms with Crippen molar-refractivity contribution in [2.75, 3.05) is 19.4 Å². The molecule has 0 radical (unpaired) electrons. The molecule has 0 saturated carbocycles. The van der Waals surface area contributed by atoms with Crippen molar-refractivity contribution in [1.29, 1.82) is 0 Å². The van der Waals surface area contributed by atoms with Gasteiger partial charge in [-0.2, -0.15) is 8.78 Å². The molecule has 0 aliphatic rings. The molecule has 2 rings (SSSR count). The molecule has 28 heavy (non-hydrogen) atoms. The maximum absolute atomic E-state index is 12.5. The number of methoxy groups -OCH3 is 1. The summed E-state index contributed by atoms with van der Waals surface area (Å²) in [5.41, 5.74) is 0.715. The van der Waals surface area contributed by atoms with Crippen LogP contribution in [0.3, 0.4) is 0 Å². The minimum atomic E-state index is -3.54. The molecule has 9 heteroatoms. The summed E-state index contributed by atoms with van der Waals surface area (Å²) in [6.45, 7) is -1.30. The Kier molecular flexibility index (Phi) is 7.33. The third-order valence-corrected chi connectivity index (χ3v) is 5.78. The largest absolute Gasteiger partial charge is 0.493 e. The number of carbonyl (C=O) groups excluding carboxylic acids is 1. The van der Waals surface area contributed by atoms with E-state index in [1.54, 1.807) is 18.2 Å². The second-order valence-electron chi connectivity index (χ2n) is 5.77. The Morgan fingerprint density at radius 2 is 1.86 bits per heavy atom. The van der Waals surface area contributed by atoms with Crippen molar-refractivity contribution in [2.45, 2.75) is 24.9 Å². The topological polar surface area (TPSA) is 81.7 Å². The highest BCUT2D eigenvalue weighted by molar-refractivity contribution is 7.91. The summed E-state index contributed by atoms with van der Waals surface area (Å²) in [6, 6.07) is 10.6. The van der Waals surface area contributed by atoms with E-state index in [2.05, 4.69) is 10.1 Å². The van der Waals surface area contributed by atoms with Crippen LogP contribution in [-0.2, 0) is 16.3 Å². The van der Waals surface area contributed by atoms with E-state index >= 15 is 0 Å². The second kappa shape index (κ2) is 9.50. The summed E-state index contributed by atoms with van der Waals surface area (Å²) in [5.74, 6) is -0.562. The lowest BCUT2D eigenvalue weighted by Crippen LogP contribution is -2.27. The van der Waals surface area contributed by atoms with E-state index in [1.165, 1.54) is 38.3 Å². The minimum Gasteiger partial charge on any atom is -0.493 e. The highest BCUT2D eigenvalue weighted by atomic mass is 32.2. The fourth-order valence-corrected chi connectivity index (χ4v) is 3.65. The molecule has 0 spiro atoms. The smallest absolute Gasteiger partial charge is 0.387 e. The quantitative estimate of drug-likeness (QED) is 0.683. The van der Waals surface area contributed by atoms with Gasteiger partial charge in [-0.15, -0.1) is 0 Å². The molecule has 2 aromatic carbocycles. The van der Waals surface area contributed by atoms with Gasteiger partial charge in [0, 0.05) is 6.54 Å². The van der Waals surface area contributed by atoms with Crippen LogP contribution in [0.15, 0.2) is 47.4 Å². The van der Waals surface area contributed by atoms with Crippen LogP contribution in [0, 0.1) is 0 Å². The van der Waals surface area contributed by atoms with E-state index in [1.807, 2.05) is 0 Å². The van der Waals surface area contributed by atoms with Gasteiger partial charge in [0.1, 0.15) is 0 Å². The molecular weight excluding hydrogens is 392 g/mol.